The van der Waals surface area contributed by atoms with Crippen LogP contribution in [0.3, 0.4) is 0 Å². The van der Waals surface area contributed by atoms with Gasteiger partial charge in [-0.05, 0) is 42.9 Å². The van der Waals surface area contributed by atoms with Crippen molar-refractivity contribution < 1.29 is 14.6 Å². The quantitative estimate of drug-likeness (QED) is 0.870. The van der Waals surface area contributed by atoms with Crippen LogP contribution in [0.25, 0.3) is 0 Å². The molecule has 0 amide bonds. The van der Waals surface area contributed by atoms with Crippen LogP contribution in [0.4, 0.5) is 0 Å². The number of fused-ring (bicyclic) bond motifs is 1. The molecule has 3 aliphatic carbocycles. The fourth-order valence-electron chi connectivity index (χ4n) is 3.78. The Morgan fingerprint density at radius 2 is 2.12 bits per heavy atom. The maximum Gasteiger partial charge on any atom is 0.307 e. The highest BCUT2D eigenvalue weighted by Gasteiger charge is 2.62. The van der Waals surface area contributed by atoms with E-state index in [2.05, 4.69) is 0 Å². The van der Waals surface area contributed by atoms with Gasteiger partial charge in [-0.3, -0.25) is 4.79 Å². The van der Waals surface area contributed by atoms with E-state index >= 15 is 0 Å². The normalized spacial score (nSPS) is 34.2. The second-order valence-corrected chi connectivity index (χ2v) is 5.20. The predicted molar refractivity (Wildman–Crippen MR) is 63.1 cm³/mol. The monoisotopic (exact) mass is 232 g/mol. The maximum atomic E-state index is 11.3. The third kappa shape index (κ3) is 1.31. The molecule has 1 N–H and O–H groups in total. The molecule has 3 fully saturated rings. The standard InChI is InChI=1S/C14H16O3/c1-17-11-4-2-10(3-5-11)14-7-6-9(8-14)12(14)13(15)16/h2-5,9,12H,6-8H2,1H3,(H,15,16). The summed E-state index contributed by atoms with van der Waals surface area (Å²) >= 11 is 0. The third-order valence-corrected chi connectivity index (χ3v) is 4.59. The van der Waals surface area contributed by atoms with Crippen molar-refractivity contribution in [1.29, 1.82) is 0 Å². The molecule has 3 heteroatoms. The summed E-state index contributed by atoms with van der Waals surface area (Å²) in [6, 6.07) is 7.90. The molecular weight excluding hydrogens is 216 g/mol. The minimum absolute atomic E-state index is 0.0945. The van der Waals surface area contributed by atoms with E-state index in [1.54, 1.807) is 7.11 Å². The number of carbonyl (C=O) groups is 1. The first-order chi connectivity index (χ1) is 8.17. The highest BCUT2D eigenvalue weighted by molar-refractivity contribution is 5.75. The molecule has 0 aromatic heterocycles. The summed E-state index contributed by atoms with van der Waals surface area (Å²) in [5.41, 5.74) is 1.07. The van der Waals surface area contributed by atoms with Gasteiger partial charge in [0.15, 0.2) is 0 Å². The number of ether oxygens (including phenoxy) is 1. The zero-order valence-corrected chi connectivity index (χ0v) is 9.85. The molecule has 90 valence electrons. The van der Waals surface area contributed by atoms with Crippen LogP contribution in [0.1, 0.15) is 24.8 Å². The summed E-state index contributed by atoms with van der Waals surface area (Å²) in [6.45, 7) is 0. The lowest BCUT2D eigenvalue weighted by atomic mass is 9.57. The second-order valence-electron chi connectivity index (χ2n) is 5.20. The number of hydrogen-bond acceptors (Lipinski definition) is 2. The number of aliphatic carboxylic acids is 1. The molecule has 0 aliphatic heterocycles. The van der Waals surface area contributed by atoms with Gasteiger partial charge in [-0.25, -0.2) is 0 Å². The van der Waals surface area contributed by atoms with E-state index in [1.165, 1.54) is 5.56 Å². The zero-order chi connectivity index (χ0) is 12.0. The predicted octanol–water partition coefficient (Wildman–Crippen LogP) is 2.45. The van der Waals surface area contributed by atoms with Gasteiger partial charge in [0.25, 0.3) is 0 Å². The largest absolute Gasteiger partial charge is 0.497 e. The molecule has 3 unspecified atom stereocenters. The average Bonchev–Trinajstić information content (AvgIpc) is 2.87. The van der Waals surface area contributed by atoms with E-state index in [-0.39, 0.29) is 11.3 Å². The minimum Gasteiger partial charge on any atom is -0.497 e. The summed E-state index contributed by atoms with van der Waals surface area (Å²) in [7, 11) is 1.64. The van der Waals surface area contributed by atoms with Gasteiger partial charge in [0.05, 0.1) is 13.0 Å². The van der Waals surface area contributed by atoms with Crippen molar-refractivity contribution in [1.82, 2.24) is 0 Å². The van der Waals surface area contributed by atoms with Crippen LogP contribution >= 0.6 is 0 Å². The summed E-state index contributed by atoms with van der Waals surface area (Å²) in [6.07, 6.45) is 3.11. The first-order valence-corrected chi connectivity index (χ1v) is 6.05. The molecule has 4 rings (SSSR count). The Labute approximate surface area is 100 Å². The number of methoxy groups -OCH3 is 1. The lowest BCUT2D eigenvalue weighted by molar-refractivity contribution is -0.150. The van der Waals surface area contributed by atoms with E-state index in [1.807, 2.05) is 24.3 Å². The molecule has 0 spiro atoms. The van der Waals surface area contributed by atoms with Gasteiger partial charge in [-0.15, -0.1) is 0 Å². The van der Waals surface area contributed by atoms with Crippen LogP contribution in [0.15, 0.2) is 24.3 Å². The Kier molecular flexibility index (Phi) is 2.18. The average molecular weight is 232 g/mol. The fraction of sp³-hybridized carbons (Fsp3) is 0.500. The molecule has 3 atom stereocenters. The highest BCUT2D eigenvalue weighted by atomic mass is 16.5. The lowest BCUT2D eigenvalue weighted by Crippen LogP contribution is -2.48. The van der Waals surface area contributed by atoms with E-state index < -0.39 is 5.97 Å². The number of rotatable bonds is 3. The van der Waals surface area contributed by atoms with Gasteiger partial charge in [-0.2, -0.15) is 0 Å². The first-order valence-electron chi connectivity index (χ1n) is 6.05. The van der Waals surface area contributed by atoms with E-state index in [4.69, 9.17) is 4.74 Å². The van der Waals surface area contributed by atoms with Crippen molar-refractivity contribution in [3.8, 4) is 5.75 Å². The molecule has 3 aliphatic rings. The van der Waals surface area contributed by atoms with E-state index in [9.17, 15) is 9.90 Å². The Morgan fingerprint density at radius 1 is 1.41 bits per heavy atom. The minimum atomic E-state index is -0.630. The van der Waals surface area contributed by atoms with Crippen molar-refractivity contribution in [3.63, 3.8) is 0 Å². The van der Waals surface area contributed by atoms with Gasteiger partial charge >= 0.3 is 5.97 Å². The summed E-state index contributed by atoms with van der Waals surface area (Å²) in [5, 5.41) is 9.32. The van der Waals surface area contributed by atoms with Crippen molar-refractivity contribution in [2.45, 2.75) is 24.7 Å². The highest BCUT2D eigenvalue weighted by Crippen LogP contribution is 2.64. The second kappa shape index (κ2) is 3.49. The number of carboxylic acids is 1. The van der Waals surface area contributed by atoms with Crippen LogP contribution in [0.5, 0.6) is 5.75 Å². The number of carboxylic acid groups (broad SMARTS) is 1. The Balaban J connectivity index is 1.95. The molecule has 1 aromatic rings. The molecule has 0 radical (unpaired) electrons. The van der Waals surface area contributed by atoms with Crippen LogP contribution in [-0.4, -0.2) is 18.2 Å². The molecule has 0 saturated heterocycles. The topological polar surface area (TPSA) is 46.5 Å². The Bertz CT molecular complexity index is 447. The van der Waals surface area contributed by atoms with Gasteiger partial charge in [0, 0.05) is 5.41 Å². The molecule has 2 bridgehead atoms. The SMILES string of the molecule is COc1ccc(C23CCC(C2)C3C(=O)O)cc1. The molecular formula is C14H16O3. The van der Waals surface area contributed by atoms with Crippen molar-refractivity contribution >= 4 is 5.97 Å². The van der Waals surface area contributed by atoms with E-state index in [0.717, 1.165) is 25.0 Å². The van der Waals surface area contributed by atoms with Crippen LogP contribution in [0, 0.1) is 11.8 Å². The Hall–Kier alpha value is -1.51. The summed E-state index contributed by atoms with van der Waals surface area (Å²) in [5.74, 6) is 0.422. The van der Waals surface area contributed by atoms with E-state index in [0.29, 0.717) is 5.92 Å². The summed E-state index contributed by atoms with van der Waals surface area (Å²) < 4.78 is 5.14. The Morgan fingerprint density at radius 3 is 2.65 bits per heavy atom. The molecule has 1 aromatic carbocycles. The smallest absolute Gasteiger partial charge is 0.307 e. The summed E-state index contributed by atoms with van der Waals surface area (Å²) in [4.78, 5) is 11.3. The van der Waals surface area contributed by atoms with Crippen LogP contribution in [-0.2, 0) is 10.2 Å². The van der Waals surface area contributed by atoms with Gasteiger partial charge in [-0.1, -0.05) is 12.1 Å². The molecule has 17 heavy (non-hydrogen) atoms. The van der Waals surface area contributed by atoms with Crippen molar-refractivity contribution in [3.05, 3.63) is 29.8 Å². The van der Waals surface area contributed by atoms with Crippen LogP contribution in [0.2, 0.25) is 0 Å². The third-order valence-electron chi connectivity index (χ3n) is 4.59. The molecule has 3 saturated carbocycles. The fourth-order valence-corrected chi connectivity index (χ4v) is 3.78. The van der Waals surface area contributed by atoms with Gasteiger partial charge in [0.1, 0.15) is 5.75 Å². The first kappa shape index (κ1) is 10.6. The molecule has 3 nitrogen and oxygen atoms in total. The van der Waals surface area contributed by atoms with Crippen molar-refractivity contribution in [2.24, 2.45) is 11.8 Å². The number of benzene rings is 1. The maximum absolute atomic E-state index is 11.3. The molecule has 0 heterocycles. The van der Waals surface area contributed by atoms with Gasteiger partial charge in [0.2, 0.25) is 0 Å². The number of hydrogen-bond donors (Lipinski definition) is 1. The van der Waals surface area contributed by atoms with Gasteiger partial charge < -0.3 is 9.84 Å². The van der Waals surface area contributed by atoms with Crippen LogP contribution < -0.4 is 4.74 Å². The van der Waals surface area contributed by atoms with Crippen molar-refractivity contribution in [2.75, 3.05) is 7.11 Å². The lowest BCUT2D eigenvalue weighted by Gasteiger charge is -2.45. The zero-order valence-electron chi connectivity index (χ0n) is 9.85.